The zero-order valence-corrected chi connectivity index (χ0v) is 11.6. The van der Waals surface area contributed by atoms with Crippen molar-refractivity contribution in [1.29, 1.82) is 0 Å². The molecule has 1 saturated carbocycles. The molecule has 1 aliphatic heterocycles. The minimum atomic E-state index is -0.815. The van der Waals surface area contributed by atoms with E-state index in [2.05, 4.69) is 5.10 Å². The second-order valence-corrected chi connectivity index (χ2v) is 5.77. The maximum atomic E-state index is 12.6. The molecule has 0 aromatic carbocycles. The summed E-state index contributed by atoms with van der Waals surface area (Å²) in [4.78, 5) is 25.3. The molecule has 1 unspecified atom stereocenters. The van der Waals surface area contributed by atoms with E-state index in [-0.39, 0.29) is 5.91 Å². The summed E-state index contributed by atoms with van der Waals surface area (Å²) in [7, 11) is 1.78. The Bertz CT molecular complexity index is 548. The molecule has 1 aromatic heterocycles. The van der Waals surface area contributed by atoms with Crippen molar-refractivity contribution in [3.05, 3.63) is 17.5 Å². The van der Waals surface area contributed by atoms with E-state index in [1.165, 1.54) is 6.42 Å². The van der Waals surface area contributed by atoms with Crippen LogP contribution in [0.3, 0.4) is 0 Å². The molecule has 1 saturated heterocycles. The van der Waals surface area contributed by atoms with Gasteiger partial charge in [0.2, 0.25) is 0 Å². The summed E-state index contributed by atoms with van der Waals surface area (Å²) in [5.41, 5.74) is 1.67. The molecular formula is C14H19N3O3. The Balaban J connectivity index is 1.80. The van der Waals surface area contributed by atoms with Crippen molar-refractivity contribution in [3.63, 3.8) is 0 Å². The second kappa shape index (κ2) is 4.92. The van der Waals surface area contributed by atoms with Crippen LogP contribution in [0.5, 0.6) is 0 Å². The van der Waals surface area contributed by atoms with E-state index in [0.29, 0.717) is 31.1 Å². The van der Waals surface area contributed by atoms with Gasteiger partial charge in [0.15, 0.2) is 0 Å². The van der Waals surface area contributed by atoms with Crippen LogP contribution in [0, 0.1) is 5.92 Å². The average Bonchev–Trinajstić information content (AvgIpc) is 2.94. The van der Waals surface area contributed by atoms with Crippen molar-refractivity contribution < 1.29 is 14.7 Å². The lowest BCUT2D eigenvalue weighted by molar-refractivity contribution is -0.141. The fourth-order valence-corrected chi connectivity index (χ4v) is 3.03. The third-order valence-corrected chi connectivity index (χ3v) is 4.54. The Morgan fingerprint density at radius 1 is 1.35 bits per heavy atom. The van der Waals surface area contributed by atoms with E-state index in [9.17, 15) is 9.59 Å². The molecule has 1 aliphatic carbocycles. The van der Waals surface area contributed by atoms with Crippen LogP contribution in [-0.4, -0.2) is 44.8 Å². The summed E-state index contributed by atoms with van der Waals surface area (Å²) in [5.74, 6) is -0.875. The number of aryl methyl sites for hydroxylation is 1. The Labute approximate surface area is 117 Å². The van der Waals surface area contributed by atoms with Crippen LogP contribution >= 0.6 is 0 Å². The topological polar surface area (TPSA) is 75.4 Å². The van der Waals surface area contributed by atoms with Gasteiger partial charge in [0.05, 0.1) is 12.1 Å². The number of rotatable bonds is 3. The predicted molar refractivity (Wildman–Crippen MR) is 71.4 cm³/mol. The van der Waals surface area contributed by atoms with Gasteiger partial charge < -0.3 is 10.0 Å². The number of hydrogen-bond acceptors (Lipinski definition) is 3. The Hall–Kier alpha value is -1.85. The van der Waals surface area contributed by atoms with Crippen LogP contribution < -0.4 is 0 Å². The van der Waals surface area contributed by atoms with Crippen LogP contribution in [0.4, 0.5) is 0 Å². The van der Waals surface area contributed by atoms with Crippen molar-refractivity contribution in [2.45, 2.75) is 31.6 Å². The third-order valence-electron chi connectivity index (χ3n) is 4.54. The van der Waals surface area contributed by atoms with E-state index in [1.807, 2.05) is 0 Å². The number of carboxylic acid groups (broad SMARTS) is 1. The lowest BCUT2D eigenvalue weighted by Gasteiger charge is -2.26. The lowest BCUT2D eigenvalue weighted by Crippen LogP contribution is -2.32. The largest absolute Gasteiger partial charge is 0.481 e. The molecule has 3 rings (SSSR count). The minimum Gasteiger partial charge on any atom is -0.481 e. The SMILES string of the molecule is Cn1ncc(C2CCC2)c1C(=O)N1CCC(C(=O)O)C1. The van der Waals surface area contributed by atoms with Gasteiger partial charge in [-0.2, -0.15) is 5.10 Å². The smallest absolute Gasteiger partial charge is 0.308 e. The first-order valence-electron chi connectivity index (χ1n) is 7.12. The monoisotopic (exact) mass is 277 g/mol. The molecule has 6 heteroatoms. The fourth-order valence-electron chi connectivity index (χ4n) is 3.03. The lowest BCUT2D eigenvalue weighted by atomic mass is 9.80. The summed E-state index contributed by atoms with van der Waals surface area (Å²) in [6, 6.07) is 0. The van der Waals surface area contributed by atoms with Crippen molar-refractivity contribution >= 4 is 11.9 Å². The van der Waals surface area contributed by atoms with E-state index < -0.39 is 11.9 Å². The molecule has 0 bridgehead atoms. The highest BCUT2D eigenvalue weighted by molar-refractivity contribution is 5.94. The molecule has 2 aliphatic rings. The first-order valence-corrected chi connectivity index (χ1v) is 7.12. The number of amides is 1. The standard InChI is InChI=1S/C14H19N3O3/c1-16-12(11(7-15-16)9-3-2-4-9)13(18)17-6-5-10(8-17)14(19)20/h7,9-10H,2-6,8H2,1H3,(H,19,20). The number of carbonyl (C=O) groups excluding carboxylic acids is 1. The molecule has 1 amide bonds. The van der Waals surface area contributed by atoms with Gasteiger partial charge in [-0.25, -0.2) is 0 Å². The van der Waals surface area contributed by atoms with Crippen LogP contribution in [0.25, 0.3) is 0 Å². The number of nitrogens with zero attached hydrogens (tertiary/aromatic N) is 3. The molecule has 1 N–H and O–H groups in total. The number of carbonyl (C=O) groups is 2. The van der Waals surface area contributed by atoms with Gasteiger partial charge in [0.25, 0.3) is 5.91 Å². The van der Waals surface area contributed by atoms with Gasteiger partial charge in [0.1, 0.15) is 5.69 Å². The fraction of sp³-hybridized carbons (Fsp3) is 0.643. The van der Waals surface area contributed by atoms with Crippen molar-refractivity contribution in [2.24, 2.45) is 13.0 Å². The quantitative estimate of drug-likeness (QED) is 0.901. The Morgan fingerprint density at radius 2 is 2.10 bits per heavy atom. The third kappa shape index (κ3) is 2.09. The Kier molecular flexibility index (Phi) is 3.23. The van der Waals surface area contributed by atoms with E-state index in [1.54, 1.807) is 22.8 Å². The molecule has 1 aromatic rings. The number of aromatic nitrogens is 2. The van der Waals surface area contributed by atoms with Gasteiger partial charge in [-0.3, -0.25) is 14.3 Å². The average molecular weight is 277 g/mol. The van der Waals surface area contributed by atoms with Crippen LogP contribution in [0.15, 0.2) is 6.20 Å². The van der Waals surface area contributed by atoms with E-state index in [0.717, 1.165) is 18.4 Å². The highest BCUT2D eigenvalue weighted by Crippen LogP contribution is 2.38. The van der Waals surface area contributed by atoms with Gasteiger partial charge in [-0.1, -0.05) is 6.42 Å². The molecule has 6 nitrogen and oxygen atoms in total. The first-order chi connectivity index (χ1) is 9.58. The number of hydrogen-bond donors (Lipinski definition) is 1. The van der Waals surface area contributed by atoms with Crippen LogP contribution in [-0.2, 0) is 11.8 Å². The molecule has 0 spiro atoms. The zero-order valence-electron chi connectivity index (χ0n) is 11.6. The van der Waals surface area contributed by atoms with Crippen molar-refractivity contribution in [1.82, 2.24) is 14.7 Å². The molecule has 0 radical (unpaired) electrons. The molecule has 1 atom stereocenters. The van der Waals surface area contributed by atoms with E-state index in [4.69, 9.17) is 5.11 Å². The summed E-state index contributed by atoms with van der Waals surface area (Å²) in [6.07, 6.45) is 5.77. The molecule has 108 valence electrons. The molecule has 2 fully saturated rings. The highest BCUT2D eigenvalue weighted by Gasteiger charge is 2.35. The van der Waals surface area contributed by atoms with Crippen molar-refractivity contribution in [2.75, 3.05) is 13.1 Å². The highest BCUT2D eigenvalue weighted by atomic mass is 16.4. The maximum absolute atomic E-state index is 12.6. The number of aliphatic carboxylic acids is 1. The number of carboxylic acids is 1. The normalized spacial score (nSPS) is 22.9. The summed E-state index contributed by atoms with van der Waals surface area (Å²) >= 11 is 0. The summed E-state index contributed by atoms with van der Waals surface area (Å²) < 4.78 is 1.63. The van der Waals surface area contributed by atoms with Gasteiger partial charge in [0, 0.05) is 25.7 Å². The zero-order chi connectivity index (χ0) is 14.3. The van der Waals surface area contributed by atoms with Gasteiger partial charge >= 0.3 is 5.97 Å². The molecule has 20 heavy (non-hydrogen) atoms. The predicted octanol–water partition coefficient (Wildman–Crippen LogP) is 1.23. The van der Waals surface area contributed by atoms with Gasteiger partial charge in [-0.05, 0) is 25.2 Å². The van der Waals surface area contributed by atoms with Crippen molar-refractivity contribution in [3.8, 4) is 0 Å². The van der Waals surface area contributed by atoms with Crippen LogP contribution in [0.1, 0.15) is 47.7 Å². The first kappa shape index (κ1) is 13.1. The van der Waals surface area contributed by atoms with E-state index >= 15 is 0 Å². The minimum absolute atomic E-state index is 0.0735. The number of likely N-dealkylation sites (tertiary alicyclic amines) is 1. The maximum Gasteiger partial charge on any atom is 0.308 e. The summed E-state index contributed by atoms with van der Waals surface area (Å²) in [5, 5.41) is 13.3. The van der Waals surface area contributed by atoms with Crippen LogP contribution in [0.2, 0.25) is 0 Å². The van der Waals surface area contributed by atoms with Gasteiger partial charge in [-0.15, -0.1) is 0 Å². The second-order valence-electron chi connectivity index (χ2n) is 5.77. The molecular weight excluding hydrogens is 258 g/mol. The Morgan fingerprint density at radius 3 is 2.65 bits per heavy atom. The molecule has 2 heterocycles. The summed E-state index contributed by atoms with van der Waals surface area (Å²) in [6.45, 7) is 0.828.